The monoisotopic (exact) mass is 306 g/mol. The van der Waals surface area contributed by atoms with Crippen molar-refractivity contribution < 1.29 is 14.8 Å². The molecular formula is C16H22N2O4. The van der Waals surface area contributed by atoms with E-state index in [0.717, 1.165) is 24.9 Å². The van der Waals surface area contributed by atoms with E-state index in [2.05, 4.69) is 4.90 Å². The molecule has 3 atom stereocenters. The highest BCUT2D eigenvalue weighted by Crippen LogP contribution is 2.37. The first-order chi connectivity index (χ1) is 10.6. The van der Waals surface area contributed by atoms with Crippen molar-refractivity contribution in [1.82, 2.24) is 4.90 Å². The summed E-state index contributed by atoms with van der Waals surface area (Å²) in [5.74, 6) is 2.04. The van der Waals surface area contributed by atoms with Crippen LogP contribution in [0.4, 0.5) is 5.69 Å². The number of nitro benzene ring substituents is 1. The zero-order valence-corrected chi connectivity index (χ0v) is 12.6. The summed E-state index contributed by atoms with van der Waals surface area (Å²) >= 11 is 0. The molecule has 22 heavy (non-hydrogen) atoms. The van der Waals surface area contributed by atoms with Crippen LogP contribution < -0.4 is 4.74 Å². The molecule has 1 heterocycles. The van der Waals surface area contributed by atoms with Gasteiger partial charge in [0, 0.05) is 25.7 Å². The minimum absolute atomic E-state index is 0.000595. The number of hydrogen-bond donors (Lipinski definition) is 1. The molecule has 1 saturated heterocycles. The molecule has 0 bridgehead atoms. The summed E-state index contributed by atoms with van der Waals surface area (Å²) in [4.78, 5) is 12.6. The number of nitrogens with zero attached hydrogens (tertiary/aromatic N) is 2. The predicted octanol–water partition coefficient (Wildman–Crippen LogP) is 2.07. The highest BCUT2D eigenvalue weighted by Gasteiger charge is 2.36. The van der Waals surface area contributed by atoms with E-state index in [1.807, 2.05) is 0 Å². The maximum atomic E-state index is 10.7. The number of hydrogen-bond acceptors (Lipinski definition) is 5. The molecule has 6 nitrogen and oxygen atoms in total. The van der Waals surface area contributed by atoms with Gasteiger partial charge in [0.05, 0.1) is 11.0 Å². The normalized spacial score (nSPS) is 25.9. The van der Waals surface area contributed by atoms with Gasteiger partial charge in [-0.1, -0.05) is 12.5 Å². The van der Waals surface area contributed by atoms with Crippen LogP contribution in [0.5, 0.6) is 5.75 Å². The quantitative estimate of drug-likeness (QED) is 0.643. The summed E-state index contributed by atoms with van der Waals surface area (Å²) in [5, 5.41) is 20.8. The van der Waals surface area contributed by atoms with Crippen molar-refractivity contribution in [3.8, 4) is 5.75 Å². The first-order valence-corrected chi connectivity index (χ1v) is 7.89. The molecule has 6 heteroatoms. The van der Waals surface area contributed by atoms with Gasteiger partial charge in [-0.25, -0.2) is 0 Å². The van der Waals surface area contributed by atoms with Crippen LogP contribution in [0.15, 0.2) is 24.3 Å². The van der Waals surface area contributed by atoms with Gasteiger partial charge in [0.1, 0.15) is 18.5 Å². The van der Waals surface area contributed by atoms with E-state index in [4.69, 9.17) is 4.74 Å². The number of rotatable bonds is 6. The van der Waals surface area contributed by atoms with E-state index in [9.17, 15) is 15.2 Å². The third-order valence-electron chi connectivity index (χ3n) is 4.74. The zero-order valence-electron chi connectivity index (χ0n) is 12.6. The second-order valence-electron chi connectivity index (χ2n) is 6.39. The SMILES string of the molecule is O=[N+]([O-])c1cccc(OCC(O)CN2CC3CCCC3C2)c1. The summed E-state index contributed by atoms with van der Waals surface area (Å²) in [6.45, 7) is 2.94. The van der Waals surface area contributed by atoms with Gasteiger partial charge in [0.2, 0.25) is 0 Å². The van der Waals surface area contributed by atoms with Crippen LogP contribution in [0.25, 0.3) is 0 Å². The number of non-ortho nitro benzene ring substituents is 1. The van der Waals surface area contributed by atoms with Gasteiger partial charge in [-0.05, 0) is 30.7 Å². The van der Waals surface area contributed by atoms with Crippen LogP contribution in [0.3, 0.4) is 0 Å². The first-order valence-electron chi connectivity index (χ1n) is 7.89. The fourth-order valence-corrected chi connectivity index (χ4v) is 3.71. The molecule has 0 amide bonds. The van der Waals surface area contributed by atoms with E-state index < -0.39 is 11.0 Å². The average molecular weight is 306 g/mol. The summed E-state index contributed by atoms with van der Waals surface area (Å²) in [6.07, 6.45) is 3.42. The summed E-state index contributed by atoms with van der Waals surface area (Å²) in [7, 11) is 0. The molecule has 3 unspecified atom stereocenters. The van der Waals surface area contributed by atoms with Crippen LogP contribution in [0.1, 0.15) is 19.3 Å². The molecule has 0 spiro atoms. The molecule has 1 aromatic rings. The lowest BCUT2D eigenvalue weighted by molar-refractivity contribution is -0.384. The number of nitro groups is 1. The minimum atomic E-state index is -0.571. The topological polar surface area (TPSA) is 75.8 Å². The Balaban J connectivity index is 1.45. The number of aliphatic hydroxyl groups is 1. The van der Waals surface area contributed by atoms with Crippen LogP contribution in [-0.2, 0) is 0 Å². The maximum absolute atomic E-state index is 10.7. The Bertz CT molecular complexity index is 525. The largest absolute Gasteiger partial charge is 0.491 e. The molecule has 1 aliphatic heterocycles. The summed E-state index contributed by atoms with van der Waals surface area (Å²) in [5.41, 5.74) is -0.000595. The number of aliphatic hydroxyl groups excluding tert-OH is 1. The molecule has 120 valence electrons. The molecule has 2 fully saturated rings. The number of benzene rings is 1. The molecule has 3 rings (SSSR count). The number of β-amino-alcohol motifs (C(OH)–C–C–N with tert-alkyl or cyclic N) is 1. The van der Waals surface area contributed by atoms with Gasteiger partial charge in [-0.2, -0.15) is 0 Å². The van der Waals surface area contributed by atoms with E-state index in [1.165, 1.54) is 31.4 Å². The van der Waals surface area contributed by atoms with Crippen LogP contribution in [0, 0.1) is 22.0 Å². The van der Waals surface area contributed by atoms with Gasteiger partial charge in [-0.15, -0.1) is 0 Å². The Morgan fingerprint density at radius 1 is 1.36 bits per heavy atom. The third-order valence-corrected chi connectivity index (χ3v) is 4.74. The van der Waals surface area contributed by atoms with Crippen molar-refractivity contribution in [1.29, 1.82) is 0 Å². The van der Waals surface area contributed by atoms with E-state index in [0.29, 0.717) is 12.3 Å². The van der Waals surface area contributed by atoms with Crippen LogP contribution >= 0.6 is 0 Å². The Morgan fingerprint density at radius 3 is 2.77 bits per heavy atom. The van der Waals surface area contributed by atoms with Gasteiger partial charge in [0.15, 0.2) is 0 Å². The molecule has 0 aromatic heterocycles. The van der Waals surface area contributed by atoms with Crippen molar-refractivity contribution in [3.63, 3.8) is 0 Å². The lowest BCUT2D eigenvalue weighted by Gasteiger charge is -2.21. The van der Waals surface area contributed by atoms with Crippen molar-refractivity contribution in [2.24, 2.45) is 11.8 Å². The van der Waals surface area contributed by atoms with Crippen LogP contribution in [-0.4, -0.2) is 47.3 Å². The Kier molecular flexibility index (Phi) is 4.59. The highest BCUT2D eigenvalue weighted by molar-refractivity contribution is 5.37. The molecule has 1 N–H and O–H groups in total. The molecule has 1 aliphatic carbocycles. The Morgan fingerprint density at radius 2 is 2.09 bits per heavy atom. The fraction of sp³-hybridized carbons (Fsp3) is 0.625. The molecule has 1 saturated carbocycles. The maximum Gasteiger partial charge on any atom is 0.273 e. The zero-order chi connectivity index (χ0) is 15.5. The number of likely N-dealkylation sites (tertiary alicyclic amines) is 1. The Labute approximate surface area is 129 Å². The third kappa shape index (κ3) is 3.56. The van der Waals surface area contributed by atoms with Crippen molar-refractivity contribution in [2.45, 2.75) is 25.4 Å². The second kappa shape index (κ2) is 6.62. The lowest BCUT2D eigenvalue weighted by Crippen LogP contribution is -2.34. The molecule has 2 aliphatic rings. The first kappa shape index (κ1) is 15.2. The van der Waals surface area contributed by atoms with E-state index in [1.54, 1.807) is 12.1 Å². The van der Waals surface area contributed by atoms with Gasteiger partial charge in [-0.3, -0.25) is 10.1 Å². The van der Waals surface area contributed by atoms with Gasteiger partial charge < -0.3 is 14.7 Å². The standard InChI is InChI=1S/C16H22N2O4/c19-15(10-17-8-12-3-1-4-13(12)9-17)11-22-16-6-2-5-14(7-16)18(20)21/h2,5-7,12-13,15,19H,1,3-4,8-11H2. The van der Waals surface area contributed by atoms with Crippen molar-refractivity contribution in [2.75, 3.05) is 26.2 Å². The second-order valence-corrected chi connectivity index (χ2v) is 6.39. The molecular weight excluding hydrogens is 284 g/mol. The minimum Gasteiger partial charge on any atom is -0.491 e. The molecule has 1 aromatic carbocycles. The van der Waals surface area contributed by atoms with E-state index >= 15 is 0 Å². The number of fused-ring (bicyclic) bond motifs is 1. The van der Waals surface area contributed by atoms with Crippen molar-refractivity contribution >= 4 is 5.69 Å². The van der Waals surface area contributed by atoms with Crippen molar-refractivity contribution in [3.05, 3.63) is 34.4 Å². The molecule has 0 radical (unpaired) electrons. The van der Waals surface area contributed by atoms with E-state index in [-0.39, 0.29) is 12.3 Å². The van der Waals surface area contributed by atoms with Crippen LogP contribution in [0.2, 0.25) is 0 Å². The summed E-state index contributed by atoms with van der Waals surface area (Å²) in [6, 6.07) is 6.06. The lowest BCUT2D eigenvalue weighted by atomic mass is 10.0. The van der Waals surface area contributed by atoms with Gasteiger partial charge in [0.25, 0.3) is 5.69 Å². The average Bonchev–Trinajstić information content (AvgIpc) is 3.06. The number of ether oxygens (including phenoxy) is 1. The smallest absolute Gasteiger partial charge is 0.273 e. The fourth-order valence-electron chi connectivity index (χ4n) is 3.71. The highest BCUT2D eigenvalue weighted by atomic mass is 16.6. The Hall–Kier alpha value is -1.66. The predicted molar refractivity (Wildman–Crippen MR) is 81.9 cm³/mol. The summed E-state index contributed by atoms with van der Waals surface area (Å²) < 4.78 is 5.48. The van der Waals surface area contributed by atoms with Gasteiger partial charge >= 0.3 is 0 Å².